The van der Waals surface area contributed by atoms with E-state index in [4.69, 9.17) is 0 Å². The van der Waals surface area contributed by atoms with E-state index in [2.05, 4.69) is 35.4 Å². The number of aromatic nitrogens is 1. The Bertz CT molecular complexity index is 836. The summed E-state index contributed by atoms with van der Waals surface area (Å²) in [7, 11) is 0. The number of nitrogens with one attached hydrogen (secondary N) is 1. The number of aryl methyl sites for hydroxylation is 1. The Morgan fingerprint density at radius 2 is 2.08 bits per heavy atom. The molecule has 0 spiro atoms. The molecule has 3 rings (SSSR count). The van der Waals surface area contributed by atoms with E-state index in [-0.39, 0.29) is 5.82 Å². The van der Waals surface area contributed by atoms with Crippen LogP contribution in [-0.4, -0.2) is 27.7 Å². The quantitative estimate of drug-likeness (QED) is 0.886. The second-order valence-corrected chi connectivity index (χ2v) is 7.53. The molecular weight excluding hydrogens is 335 g/mol. The lowest BCUT2D eigenvalue weighted by Gasteiger charge is -2.16. The second kappa shape index (κ2) is 7.44. The van der Waals surface area contributed by atoms with Gasteiger partial charge in [-0.05, 0) is 38.0 Å². The summed E-state index contributed by atoms with van der Waals surface area (Å²) in [5.74, 6) is 1.06. The van der Waals surface area contributed by atoms with Crippen molar-refractivity contribution in [3.8, 4) is 5.69 Å². The maximum atomic E-state index is 14.2. The molecule has 1 aliphatic heterocycles. The van der Waals surface area contributed by atoms with Crippen LogP contribution in [0.1, 0.15) is 30.8 Å². The van der Waals surface area contributed by atoms with Gasteiger partial charge < -0.3 is 4.57 Å². The predicted molar refractivity (Wildman–Crippen MR) is 104 cm³/mol. The zero-order valence-electron chi connectivity index (χ0n) is 15.0. The minimum atomic E-state index is -0.225. The molecule has 1 aromatic heterocycles. The number of amidine groups is 1. The van der Waals surface area contributed by atoms with Crippen molar-refractivity contribution in [1.82, 2.24) is 9.99 Å². The fraction of sp³-hybridized carbons (Fsp3) is 0.368. The van der Waals surface area contributed by atoms with E-state index in [0.717, 1.165) is 40.1 Å². The van der Waals surface area contributed by atoms with Gasteiger partial charge in [0.2, 0.25) is 0 Å². The molecule has 1 aromatic carbocycles. The van der Waals surface area contributed by atoms with Gasteiger partial charge in [0.15, 0.2) is 5.17 Å². The second-order valence-electron chi connectivity index (χ2n) is 6.57. The molecule has 4 nitrogen and oxygen atoms in total. The number of hydrogen-bond donors (Lipinski definition) is 1. The molecule has 1 aliphatic rings. The van der Waals surface area contributed by atoms with Crippen molar-refractivity contribution in [1.29, 1.82) is 0 Å². The number of benzene rings is 1. The molecule has 2 heterocycles. The van der Waals surface area contributed by atoms with Gasteiger partial charge in [-0.15, -0.1) is 0 Å². The highest BCUT2D eigenvalue weighted by molar-refractivity contribution is 8.14. The molecule has 0 aliphatic carbocycles. The Labute approximate surface area is 152 Å². The number of nitrogens with zero attached hydrogens (tertiary/aromatic N) is 3. The summed E-state index contributed by atoms with van der Waals surface area (Å²) in [5, 5.41) is 5.36. The van der Waals surface area contributed by atoms with Gasteiger partial charge >= 0.3 is 0 Å². The molecule has 0 fully saturated rings. The minimum Gasteiger partial charge on any atom is -0.315 e. The minimum absolute atomic E-state index is 0.225. The van der Waals surface area contributed by atoms with Gasteiger partial charge in [-0.25, -0.2) is 4.39 Å². The van der Waals surface area contributed by atoms with Gasteiger partial charge in [-0.2, -0.15) is 5.10 Å². The van der Waals surface area contributed by atoms with Gasteiger partial charge in [0.1, 0.15) is 5.82 Å². The molecule has 0 unspecified atom stereocenters. The normalized spacial score (nSPS) is 16.2. The molecule has 132 valence electrons. The van der Waals surface area contributed by atoms with E-state index in [0.29, 0.717) is 11.6 Å². The maximum Gasteiger partial charge on any atom is 0.177 e. The van der Waals surface area contributed by atoms with Gasteiger partial charge in [0.25, 0.3) is 0 Å². The van der Waals surface area contributed by atoms with Gasteiger partial charge in [-0.1, -0.05) is 37.7 Å². The van der Waals surface area contributed by atoms with Crippen LogP contribution in [0.5, 0.6) is 0 Å². The van der Waals surface area contributed by atoms with E-state index >= 15 is 0 Å². The fourth-order valence-corrected chi connectivity index (χ4v) is 3.63. The molecule has 1 N–H and O–H groups in total. The number of halogens is 1. The molecule has 0 saturated heterocycles. The highest BCUT2D eigenvalue weighted by Gasteiger charge is 2.20. The van der Waals surface area contributed by atoms with Gasteiger partial charge in [0.05, 0.1) is 11.4 Å². The summed E-state index contributed by atoms with van der Waals surface area (Å²) in [6, 6.07) is 8.91. The first-order valence-electron chi connectivity index (χ1n) is 8.41. The highest BCUT2D eigenvalue weighted by Crippen LogP contribution is 2.25. The Morgan fingerprint density at radius 3 is 2.72 bits per heavy atom. The van der Waals surface area contributed by atoms with Gasteiger partial charge in [-0.3, -0.25) is 10.4 Å². The Balaban J connectivity index is 1.89. The molecule has 25 heavy (non-hydrogen) atoms. The zero-order valence-corrected chi connectivity index (χ0v) is 15.8. The van der Waals surface area contributed by atoms with Crippen LogP contribution in [0.25, 0.3) is 5.69 Å². The summed E-state index contributed by atoms with van der Waals surface area (Å²) in [6.07, 6.45) is 0. The Morgan fingerprint density at radius 1 is 1.32 bits per heavy atom. The standard InChI is InChI=1S/C19H23FN4S/c1-12(2)10-21-19-23-22-17(11-25-19)15-9-13(3)24(14(15)4)18-8-6-5-7-16(18)20/h5-9,12H,10-11H2,1-4H3,(H,21,23). The molecule has 0 radical (unpaired) electrons. The smallest absolute Gasteiger partial charge is 0.177 e. The van der Waals surface area contributed by atoms with E-state index in [1.165, 1.54) is 6.07 Å². The summed E-state index contributed by atoms with van der Waals surface area (Å²) in [4.78, 5) is 4.52. The first-order chi connectivity index (χ1) is 12.0. The third-order valence-electron chi connectivity index (χ3n) is 4.07. The van der Waals surface area contributed by atoms with Gasteiger partial charge in [0, 0.05) is 29.2 Å². The third kappa shape index (κ3) is 3.79. The van der Waals surface area contributed by atoms with Crippen molar-refractivity contribution in [3.63, 3.8) is 0 Å². The van der Waals surface area contributed by atoms with Crippen LogP contribution in [-0.2, 0) is 0 Å². The lowest BCUT2D eigenvalue weighted by Crippen LogP contribution is -2.26. The zero-order chi connectivity index (χ0) is 18.0. The van der Waals surface area contributed by atoms with Crippen LogP contribution in [0.15, 0.2) is 40.4 Å². The van der Waals surface area contributed by atoms with Crippen LogP contribution >= 0.6 is 11.8 Å². The molecule has 0 saturated carbocycles. The van der Waals surface area contributed by atoms with Crippen LogP contribution in [0.4, 0.5) is 4.39 Å². The molecule has 0 atom stereocenters. The van der Waals surface area contributed by atoms with E-state index < -0.39 is 0 Å². The topological polar surface area (TPSA) is 41.7 Å². The summed E-state index contributed by atoms with van der Waals surface area (Å²) < 4.78 is 16.1. The monoisotopic (exact) mass is 358 g/mol. The highest BCUT2D eigenvalue weighted by atomic mass is 32.2. The molecule has 0 bridgehead atoms. The van der Waals surface area contributed by atoms with Crippen LogP contribution in [0, 0.1) is 25.6 Å². The van der Waals surface area contributed by atoms with Crippen molar-refractivity contribution in [3.05, 3.63) is 53.1 Å². The average Bonchev–Trinajstić information content (AvgIpc) is 2.89. The summed E-state index contributed by atoms with van der Waals surface area (Å²) in [5.41, 5.74) is 7.61. The predicted octanol–water partition coefficient (Wildman–Crippen LogP) is 4.29. The average molecular weight is 358 g/mol. The SMILES string of the molecule is Cc1cc(C2=NNC(=NCC(C)C)SC2)c(C)n1-c1ccccc1F. The molecular formula is C19H23FN4S. The Hall–Kier alpha value is -2.08. The first kappa shape index (κ1) is 17.7. The van der Waals surface area contributed by atoms with E-state index in [9.17, 15) is 4.39 Å². The fourth-order valence-electron chi connectivity index (χ4n) is 2.86. The summed E-state index contributed by atoms with van der Waals surface area (Å²) >= 11 is 1.66. The molecule has 6 heteroatoms. The number of hydrazone groups is 1. The lowest BCUT2D eigenvalue weighted by atomic mass is 10.1. The molecule has 2 aromatic rings. The number of aliphatic imine (C=N–C) groups is 1. The summed E-state index contributed by atoms with van der Waals surface area (Å²) in [6.45, 7) is 9.07. The van der Waals surface area contributed by atoms with Crippen LogP contribution < -0.4 is 5.43 Å². The third-order valence-corrected chi connectivity index (χ3v) is 4.98. The first-order valence-corrected chi connectivity index (χ1v) is 9.40. The van der Waals surface area contributed by atoms with E-state index in [1.54, 1.807) is 23.9 Å². The largest absolute Gasteiger partial charge is 0.315 e. The number of rotatable bonds is 4. The Kier molecular flexibility index (Phi) is 5.27. The van der Waals surface area contributed by atoms with Crippen molar-refractivity contribution >= 4 is 22.6 Å². The van der Waals surface area contributed by atoms with Crippen molar-refractivity contribution < 1.29 is 4.39 Å². The maximum absolute atomic E-state index is 14.2. The number of para-hydroxylation sites is 1. The number of thioether (sulfide) groups is 1. The van der Waals surface area contributed by atoms with E-state index in [1.807, 2.05) is 24.5 Å². The van der Waals surface area contributed by atoms with Crippen molar-refractivity contribution in [2.75, 3.05) is 12.3 Å². The number of hydrogen-bond acceptors (Lipinski definition) is 3. The lowest BCUT2D eigenvalue weighted by molar-refractivity contribution is 0.615. The van der Waals surface area contributed by atoms with Crippen molar-refractivity contribution in [2.24, 2.45) is 16.0 Å². The van der Waals surface area contributed by atoms with Crippen LogP contribution in [0.2, 0.25) is 0 Å². The van der Waals surface area contributed by atoms with Crippen LogP contribution in [0.3, 0.4) is 0 Å². The molecule has 0 amide bonds. The van der Waals surface area contributed by atoms with Crippen molar-refractivity contribution in [2.45, 2.75) is 27.7 Å².